The molecular formula is C10H8ClFO3. The number of carbonyl (C=O) groups is 1. The summed E-state index contributed by atoms with van der Waals surface area (Å²) in [5.41, 5.74) is 0. The van der Waals surface area contributed by atoms with E-state index in [0.29, 0.717) is 0 Å². The Labute approximate surface area is 90.7 Å². The molecule has 0 aliphatic carbocycles. The summed E-state index contributed by atoms with van der Waals surface area (Å²) < 4.78 is 18.0. The highest BCUT2D eigenvalue weighted by atomic mass is 35.5. The molecular weight excluding hydrogens is 223 g/mol. The monoisotopic (exact) mass is 230 g/mol. The van der Waals surface area contributed by atoms with Gasteiger partial charge in [-0.25, -0.2) is 9.18 Å². The molecule has 0 radical (unpaired) electrons. The van der Waals surface area contributed by atoms with Crippen molar-refractivity contribution >= 4 is 17.6 Å². The topological polar surface area (TPSA) is 46.5 Å². The van der Waals surface area contributed by atoms with Crippen LogP contribution in [-0.2, 0) is 4.79 Å². The summed E-state index contributed by atoms with van der Waals surface area (Å²) in [7, 11) is 0. The number of hydrogen-bond acceptors (Lipinski definition) is 2. The minimum Gasteiger partial charge on any atom is -0.485 e. The van der Waals surface area contributed by atoms with Gasteiger partial charge in [0.1, 0.15) is 6.61 Å². The third kappa shape index (κ3) is 3.59. The number of benzene rings is 1. The predicted octanol–water partition coefficient (Wildman–Crippen LogP) is 2.50. The molecule has 3 nitrogen and oxygen atoms in total. The van der Waals surface area contributed by atoms with Gasteiger partial charge in [0.2, 0.25) is 0 Å². The third-order valence-electron chi connectivity index (χ3n) is 1.50. The summed E-state index contributed by atoms with van der Waals surface area (Å²) in [5.74, 6) is -1.74. The summed E-state index contributed by atoms with van der Waals surface area (Å²) in [6, 6.07) is 4.15. The fraction of sp³-hybridized carbons (Fsp3) is 0.100. The van der Waals surface area contributed by atoms with E-state index in [1.165, 1.54) is 24.3 Å². The first kappa shape index (κ1) is 11.5. The maximum atomic E-state index is 13.1. The number of ether oxygens (including phenoxy) is 1. The Kier molecular flexibility index (Phi) is 4.12. The van der Waals surface area contributed by atoms with Crippen LogP contribution in [0.3, 0.4) is 0 Å². The lowest BCUT2D eigenvalue weighted by Gasteiger charge is -2.05. The number of carboxylic acid groups (broad SMARTS) is 1. The number of aliphatic carboxylic acids is 1. The third-order valence-corrected chi connectivity index (χ3v) is 1.80. The van der Waals surface area contributed by atoms with Crippen LogP contribution in [-0.4, -0.2) is 17.7 Å². The average Bonchev–Trinajstić information content (AvgIpc) is 2.15. The molecule has 0 fully saturated rings. The fourth-order valence-electron chi connectivity index (χ4n) is 0.901. The lowest BCUT2D eigenvalue weighted by Crippen LogP contribution is -1.98. The second-order valence-corrected chi connectivity index (χ2v) is 3.01. The molecule has 0 saturated carbocycles. The first-order valence-electron chi connectivity index (χ1n) is 4.07. The molecule has 1 aromatic carbocycles. The maximum Gasteiger partial charge on any atom is 0.328 e. The molecule has 5 heteroatoms. The second-order valence-electron chi connectivity index (χ2n) is 2.60. The highest BCUT2D eigenvalue weighted by Gasteiger charge is 2.06. The summed E-state index contributed by atoms with van der Waals surface area (Å²) in [5, 5.41) is 8.43. The van der Waals surface area contributed by atoms with Gasteiger partial charge in [-0.15, -0.1) is 0 Å². The van der Waals surface area contributed by atoms with Crippen LogP contribution < -0.4 is 4.74 Å². The Balaban J connectivity index is 2.61. The van der Waals surface area contributed by atoms with Crippen molar-refractivity contribution in [3.8, 4) is 5.75 Å². The number of para-hydroxylation sites is 1. The van der Waals surface area contributed by atoms with Crippen molar-refractivity contribution in [2.45, 2.75) is 0 Å². The van der Waals surface area contributed by atoms with E-state index in [4.69, 9.17) is 21.4 Å². The van der Waals surface area contributed by atoms with E-state index in [9.17, 15) is 9.18 Å². The molecule has 1 N–H and O–H groups in total. The number of carboxylic acids is 1. The van der Waals surface area contributed by atoms with E-state index in [1.807, 2.05) is 0 Å². The van der Waals surface area contributed by atoms with E-state index < -0.39 is 11.8 Å². The van der Waals surface area contributed by atoms with E-state index >= 15 is 0 Å². The molecule has 0 aliphatic rings. The van der Waals surface area contributed by atoms with E-state index in [0.717, 1.165) is 6.08 Å². The van der Waals surface area contributed by atoms with Gasteiger partial charge in [-0.2, -0.15) is 0 Å². The molecule has 0 aliphatic heterocycles. The maximum absolute atomic E-state index is 13.1. The van der Waals surface area contributed by atoms with Crippen molar-refractivity contribution in [2.24, 2.45) is 0 Å². The minimum absolute atomic E-state index is 0.0487. The fourth-order valence-corrected chi connectivity index (χ4v) is 1.12. The second kappa shape index (κ2) is 5.36. The Morgan fingerprint density at radius 3 is 2.93 bits per heavy atom. The quantitative estimate of drug-likeness (QED) is 0.809. The minimum atomic E-state index is -1.08. The van der Waals surface area contributed by atoms with Gasteiger partial charge >= 0.3 is 5.97 Å². The van der Waals surface area contributed by atoms with Crippen LogP contribution in [0.15, 0.2) is 30.4 Å². The number of rotatable bonds is 4. The molecule has 15 heavy (non-hydrogen) atoms. The van der Waals surface area contributed by atoms with Gasteiger partial charge in [0.15, 0.2) is 11.6 Å². The van der Waals surface area contributed by atoms with Crippen molar-refractivity contribution in [2.75, 3.05) is 6.61 Å². The van der Waals surface area contributed by atoms with Gasteiger partial charge in [0, 0.05) is 6.08 Å². The van der Waals surface area contributed by atoms with E-state index in [2.05, 4.69) is 0 Å². The Bertz CT molecular complexity index is 370. The largest absolute Gasteiger partial charge is 0.485 e. The molecule has 0 aromatic heterocycles. The lowest BCUT2D eigenvalue weighted by atomic mass is 10.3. The Morgan fingerprint density at radius 2 is 2.33 bits per heavy atom. The predicted molar refractivity (Wildman–Crippen MR) is 53.7 cm³/mol. The van der Waals surface area contributed by atoms with Crippen LogP contribution in [0.25, 0.3) is 0 Å². The normalized spacial score (nSPS) is 10.5. The van der Waals surface area contributed by atoms with Crippen LogP contribution in [0.2, 0.25) is 5.02 Å². The molecule has 1 rings (SSSR count). The first-order chi connectivity index (χ1) is 7.11. The van der Waals surface area contributed by atoms with Crippen LogP contribution in [0.1, 0.15) is 0 Å². The van der Waals surface area contributed by atoms with Gasteiger partial charge in [-0.05, 0) is 18.2 Å². The molecule has 0 unspecified atom stereocenters. The summed E-state index contributed by atoms with van der Waals surface area (Å²) >= 11 is 5.67. The molecule has 0 bridgehead atoms. The van der Waals surface area contributed by atoms with Crippen molar-refractivity contribution in [1.29, 1.82) is 0 Å². The van der Waals surface area contributed by atoms with Gasteiger partial charge in [-0.1, -0.05) is 17.7 Å². The number of hydrogen-bond donors (Lipinski definition) is 1. The Morgan fingerprint density at radius 1 is 1.60 bits per heavy atom. The van der Waals surface area contributed by atoms with Crippen LogP contribution in [0.4, 0.5) is 4.39 Å². The molecule has 0 spiro atoms. The van der Waals surface area contributed by atoms with E-state index in [-0.39, 0.29) is 17.4 Å². The molecule has 80 valence electrons. The molecule has 0 amide bonds. The zero-order valence-electron chi connectivity index (χ0n) is 7.61. The summed E-state index contributed by atoms with van der Waals surface area (Å²) in [4.78, 5) is 10.1. The summed E-state index contributed by atoms with van der Waals surface area (Å²) in [6.45, 7) is -0.0487. The standard InChI is InChI=1S/C10H8ClFO3/c11-7-3-1-4-8(12)10(7)15-6-2-5-9(13)14/h1-5H,6H2,(H,13,14)/b5-2+. The summed E-state index contributed by atoms with van der Waals surface area (Å²) in [6.07, 6.45) is 2.17. The smallest absolute Gasteiger partial charge is 0.328 e. The lowest BCUT2D eigenvalue weighted by molar-refractivity contribution is -0.131. The average molecular weight is 231 g/mol. The van der Waals surface area contributed by atoms with Gasteiger partial charge in [0.05, 0.1) is 5.02 Å². The van der Waals surface area contributed by atoms with Gasteiger partial charge < -0.3 is 9.84 Å². The Hall–Kier alpha value is -1.55. The molecule has 0 saturated heterocycles. The van der Waals surface area contributed by atoms with Crippen LogP contribution in [0, 0.1) is 5.82 Å². The zero-order valence-corrected chi connectivity index (χ0v) is 8.37. The van der Waals surface area contributed by atoms with Gasteiger partial charge in [0.25, 0.3) is 0 Å². The van der Waals surface area contributed by atoms with Gasteiger partial charge in [-0.3, -0.25) is 0 Å². The van der Waals surface area contributed by atoms with Crippen LogP contribution >= 0.6 is 11.6 Å². The number of halogens is 2. The van der Waals surface area contributed by atoms with Crippen molar-refractivity contribution in [3.63, 3.8) is 0 Å². The van der Waals surface area contributed by atoms with Crippen LogP contribution in [0.5, 0.6) is 5.75 Å². The highest BCUT2D eigenvalue weighted by Crippen LogP contribution is 2.26. The molecule has 1 aromatic rings. The van der Waals surface area contributed by atoms with E-state index in [1.54, 1.807) is 0 Å². The zero-order chi connectivity index (χ0) is 11.3. The van der Waals surface area contributed by atoms with Crippen molar-refractivity contribution in [3.05, 3.63) is 41.2 Å². The SMILES string of the molecule is O=C(O)/C=C/COc1c(F)cccc1Cl. The highest BCUT2D eigenvalue weighted by molar-refractivity contribution is 6.32. The first-order valence-corrected chi connectivity index (χ1v) is 4.45. The molecule has 0 atom stereocenters. The molecule has 0 heterocycles. The van der Waals surface area contributed by atoms with Crippen molar-refractivity contribution in [1.82, 2.24) is 0 Å². The van der Waals surface area contributed by atoms with Crippen molar-refractivity contribution < 1.29 is 19.0 Å².